The molecule has 2 unspecified atom stereocenters. The lowest BCUT2D eigenvalue weighted by molar-refractivity contribution is -0.142. The third kappa shape index (κ3) is 3.85. The van der Waals surface area contributed by atoms with Crippen molar-refractivity contribution in [2.75, 3.05) is 13.7 Å². The normalized spacial score (nSPS) is 13.4. The molecule has 4 nitrogen and oxygen atoms in total. The fraction of sp³-hybridized carbons (Fsp3) is 0.294. The topological polar surface area (TPSA) is 52.6 Å². The van der Waals surface area contributed by atoms with Crippen LogP contribution < -0.4 is 4.74 Å². The fourth-order valence-electron chi connectivity index (χ4n) is 2.13. The summed E-state index contributed by atoms with van der Waals surface area (Å²) in [5.41, 5.74) is 0.912. The highest BCUT2D eigenvalue weighted by Crippen LogP contribution is 2.26. The zero-order valence-corrected chi connectivity index (χ0v) is 14.0. The van der Waals surface area contributed by atoms with E-state index < -0.39 is 0 Å². The number of carbonyl (C=O) groups is 2. The number of carbonyl (C=O) groups excluding carboxylic acids is 2. The molecule has 0 aliphatic rings. The molecule has 2 atom stereocenters. The van der Waals surface area contributed by atoms with Gasteiger partial charge in [-0.2, -0.15) is 0 Å². The maximum Gasteiger partial charge on any atom is 0.312 e. The van der Waals surface area contributed by atoms with E-state index >= 15 is 0 Å². The zero-order chi connectivity index (χ0) is 16.1. The van der Waals surface area contributed by atoms with Crippen molar-refractivity contribution >= 4 is 39.0 Å². The summed E-state index contributed by atoms with van der Waals surface area (Å²) < 4.78 is 10.3. The Labute approximate surface area is 137 Å². The van der Waals surface area contributed by atoms with E-state index in [2.05, 4.69) is 15.9 Å². The van der Waals surface area contributed by atoms with Crippen LogP contribution in [-0.4, -0.2) is 30.8 Å². The zero-order valence-electron chi connectivity index (χ0n) is 12.4. The Hall–Kier alpha value is -1.88. The Kier molecular flexibility index (Phi) is 5.55. The number of hydrogen-bond donors (Lipinski definition) is 0. The van der Waals surface area contributed by atoms with E-state index in [-0.39, 0.29) is 23.3 Å². The maximum atomic E-state index is 11.6. The molecule has 116 valence electrons. The van der Waals surface area contributed by atoms with Crippen molar-refractivity contribution < 1.29 is 19.1 Å². The lowest BCUT2D eigenvalue weighted by Gasteiger charge is -2.12. The number of rotatable bonds is 6. The minimum Gasteiger partial charge on any atom is -0.492 e. The second kappa shape index (κ2) is 7.40. The standard InChI is InChI=1S/C17H17BrO4/c1-11(17(20)21-2)12-3-4-14-8-16(6-5-13(14)7-12)22-10-15(18)9-19/h3-9,11,15H,10H2,1-2H3. The highest BCUT2D eigenvalue weighted by Gasteiger charge is 2.15. The van der Waals surface area contributed by atoms with Gasteiger partial charge >= 0.3 is 5.97 Å². The highest BCUT2D eigenvalue weighted by atomic mass is 79.9. The monoisotopic (exact) mass is 364 g/mol. The van der Waals surface area contributed by atoms with Crippen molar-refractivity contribution in [2.24, 2.45) is 0 Å². The first kappa shape index (κ1) is 16.5. The molecule has 5 heteroatoms. The fourth-order valence-corrected chi connectivity index (χ4v) is 2.26. The average molecular weight is 365 g/mol. The van der Waals surface area contributed by atoms with Gasteiger partial charge in [0.05, 0.1) is 13.0 Å². The number of esters is 1. The van der Waals surface area contributed by atoms with E-state index in [1.807, 2.05) is 43.3 Å². The summed E-state index contributed by atoms with van der Waals surface area (Å²) in [5.74, 6) is 0.149. The van der Waals surface area contributed by atoms with E-state index in [1.54, 1.807) is 0 Å². The molecule has 0 aliphatic carbocycles. The van der Waals surface area contributed by atoms with Crippen LogP contribution in [0.1, 0.15) is 18.4 Å². The Bertz CT molecular complexity index is 683. The first-order chi connectivity index (χ1) is 10.5. The van der Waals surface area contributed by atoms with Gasteiger partial charge in [-0.25, -0.2) is 0 Å². The van der Waals surface area contributed by atoms with Crippen LogP contribution in [0.5, 0.6) is 5.75 Å². The molecular weight excluding hydrogens is 348 g/mol. The van der Waals surface area contributed by atoms with Gasteiger partial charge in [0.2, 0.25) is 0 Å². The van der Waals surface area contributed by atoms with E-state index in [1.165, 1.54) is 7.11 Å². The molecule has 0 aromatic heterocycles. The molecule has 0 bridgehead atoms. The van der Waals surface area contributed by atoms with Gasteiger partial charge in [0.25, 0.3) is 0 Å². The van der Waals surface area contributed by atoms with Gasteiger partial charge in [0.1, 0.15) is 23.5 Å². The van der Waals surface area contributed by atoms with Crippen molar-refractivity contribution in [3.8, 4) is 5.75 Å². The summed E-state index contributed by atoms with van der Waals surface area (Å²) in [6.45, 7) is 2.10. The summed E-state index contributed by atoms with van der Waals surface area (Å²) >= 11 is 3.19. The number of aldehydes is 1. The van der Waals surface area contributed by atoms with Crippen LogP contribution in [0.4, 0.5) is 0 Å². The Morgan fingerprint density at radius 1 is 1.23 bits per heavy atom. The van der Waals surface area contributed by atoms with Crippen LogP contribution in [0.3, 0.4) is 0 Å². The predicted molar refractivity (Wildman–Crippen MR) is 88.7 cm³/mol. The molecule has 0 radical (unpaired) electrons. The van der Waals surface area contributed by atoms with E-state index in [4.69, 9.17) is 9.47 Å². The van der Waals surface area contributed by atoms with Gasteiger partial charge in [0, 0.05) is 0 Å². The molecule has 0 saturated heterocycles. The molecule has 0 saturated carbocycles. The molecule has 0 N–H and O–H groups in total. The molecule has 0 aliphatic heterocycles. The Morgan fingerprint density at radius 2 is 1.91 bits per heavy atom. The van der Waals surface area contributed by atoms with Gasteiger partial charge in [0.15, 0.2) is 0 Å². The number of halogens is 1. The van der Waals surface area contributed by atoms with Crippen LogP contribution in [0, 0.1) is 0 Å². The summed E-state index contributed by atoms with van der Waals surface area (Å²) in [7, 11) is 1.39. The molecule has 22 heavy (non-hydrogen) atoms. The average Bonchev–Trinajstić information content (AvgIpc) is 2.57. The predicted octanol–water partition coefficient (Wildman–Crippen LogP) is 3.46. The van der Waals surface area contributed by atoms with Gasteiger partial charge in [-0.15, -0.1) is 0 Å². The quantitative estimate of drug-likeness (QED) is 0.447. The summed E-state index contributed by atoms with van der Waals surface area (Å²) in [4.78, 5) is 21.8. The number of ether oxygens (including phenoxy) is 2. The summed E-state index contributed by atoms with van der Waals surface area (Å²) in [5, 5.41) is 2.03. The lowest BCUT2D eigenvalue weighted by atomic mass is 9.98. The molecule has 0 heterocycles. The van der Waals surface area contributed by atoms with Crippen molar-refractivity contribution in [2.45, 2.75) is 17.7 Å². The van der Waals surface area contributed by atoms with Crippen molar-refractivity contribution in [3.63, 3.8) is 0 Å². The van der Waals surface area contributed by atoms with Crippen LogP contribution in [-0.2, 0) is 14.3 Å². The summed E-state index contributed by atoms with van der Waals surface area (Å²) in [6, 6.07) is 11.5. The van der Waals surface area contributed by atoms with Gasteiger partial charge in [-0.1, -0.05) is 40.2 Å². The Morgan fingerprint density at radius 3 is 2.59 bits per heavy atom. The van der Waals surface area contributed by atoms with Crippen LogP contribution >= 0.6 is 15.9 Å². The Balaban J connectivity index is 2.21. The first-order valence-electron chi connectivity index (χ1n) is 6.89. The minimum absolute atomic E-state index is 0.253. The first-order valence-corrected chi connectivity index (χ1v) is 7.80. The smallest absolute Gasteiger partial charge is 0.312 e. The molecule has 2 aromatic rings. The number of methoxy groups -OCH3 is 1. The molecule has 2 aromatic carbocycles. The lowest BCUT2D eigenvalue weighted by Crippen LogP contribution is -2.12. The number of hydrogen-bond acceptors (Lipinski definition) is 4. The van der Waals surface area contributed by atoms with Crippen molar-refractivity contribution in [3.05, 3.63) is 42.0 Å². The van der Waals surface area contributed by atoms with Crippen LogP contribution in [0.2, 0.25) is 0 Å². The molecular formula is C17H17BrO4. The molecule has 2 rings (SSSR count). The third-order valence-corrected chi connectivity index (χ3v) is 3.93. The van der Waals surface area contributed by atoms with Gasteiger partial charge in [-0.3, -0.25) is 4.79 Å². The van der Waals surface area contributed by atoms with E-state index in [9.17, 15) is 9.59 Å². The van der Waals surface area contributed by atoms with Gasteiger partial charge < -0.3 is 14.3 Å². The highest BCUT2D eigenvalue weighted by molar-refractivity contribution is 9.10. The van der Waals surface area contributed by atoms with Crippen LogP contribution in [0.25, 0.3) is 10.8 Å². The molecule has 0 fully saturated rings. The number of alkyl halides is 1. The number of benzene rings is 2. The largest absolute Gasteiger partial charge is 0.492 e. The van der Waals surface area contributed by atoms with Crippen LogP contribution in [0.15, 0.2) is 36.4 Å². The molecule has 0 amide bonds. The van der Waals surface area contributed by atoms with E-state index in [0.29, 0.717) is 5.75 Å². The SMILES string of the molecule is COC(=O)C(C)c1ccc2cc(OCC(Br)C=O)ccc2c1. The third-order valence-electron chi connectivity index (χ3n) is 3.45. The second-order valence-corrected chi connectivity index (χ2v) is 6.15. The van der Waals surface area contributed by atoms with E-state index in [0.717, 1.165) is 22.6 Å². The van der Waals surface area contributed by atoms with Gasteiger partial charge in [-0.05, 0) is 35.4 Å². The molecule has 0 spiro atoms. The van der Waals surface area contributed by atoms with Crippen molar-refractivity contribution in [1.82, 2.24) is 0 Å². The summed E-state index contributed by atoms with van der Waals surface area (Å²) in [6.07, 6.45) is 0.793. The second-order valence-electron chi connectivity index (χ2n) is 4.98. The maximum absolute atomic E-state index is 11.6. The minimum atomic E-state index is -0.313. The van der Waals surface area contributed by atoms with Crippen molar-refractivity contribution in [1.29, 1.82) is 0 Å². The number of fused-ring (bicyclic) bond motifs is 1.